The van der Waals surface area contributed by atoms with Gasteiger partial charge in [-0.25, -0.2) is 0 Å². The standard InChI is InChI=1S/3C3H6O3.H3N/c3*4-2-1-3(5)6;/h3*4H,1-2H2,(H,5,6);1H3. The Morgan fingerprint density at radius 2 is 0.737 bits per heavy atom. The Kier molecular flexibility index (Phi) is 29.4. The Morgan fingerprint density at radius 1 is 0.579 bits per heavy atom. The summed E-state index contributed by atoms with van der Waals surface area (Å²) >= 11 is 0. The van der Waals surface area contributed by atoms with Crippen LogP contribution < -0.4 is 6.15 Å². The van der Waals surface area contributed by atoms with Crippen molar-refractivity contribution in [1.82, 2.24) is 6.15 Å². The summed E-state index contributed by atoms with van der Waals surface area (Å²) in [6.45, 7) is -0.806. The summed E-state index contributed by atoms with van der Waals surface area (Å²) in [5.41, 5.74) is 0. The number of aliphatic carboxylic acids is 3. The molecular weight excluding hydrogens is 266 g/mol. The van der Waals surface area contributed by atoms with Crippen LogP contribution in [0.5, 0.6) is 0 Å². The van der Waals surface area contributed by atoms with E-state index in [4.69, 9.17) is 30.6 Å². The van der Waals surface area contributed by atoms with Crippen molar-refractivity contribution >= 4 is 17.9 Å². The fourth-order valence-corrected chi connectivity index (χ4v) is 0.287. The van der Waals surface area contributed by atoms with Gasteiger partial charge in [-0.05, 0) is 0 Å². The van der Waals surface area contributed by atoms with Gasteiger partial charge in [0.2, 0.25) is 0 Å². The Hall–Kier alpha value is -1.75. The van der Waals surface area contributed by atoms with Crippen molar-refractivity contribution < 1.29 is 45.0 Å². The number of rotatable bonds is 6. The van der Waals surface area contributed by atoms with E-state index in [1.807, 2.05) is 0 Å². The maximum absolute atomic E-state index is 9.44. The van der Waals surface area contributed by atoms with E-state index >= 15 is 0 Å². The summed E-state index contributed by atoms with van der Waals surface area (Å²) in [6.07, 6.45) is -0.458. The first kappa shape index (κ1) is 25.9. The highest BCUT2D eigenvalue weighted by atomic mass is 16.4. The smallest absolute Gasteiger partial charge is 0.305 e. The zero-order valence-corrected chi connectivity index (χ0v) is 10.4. The van der Waals surface area contributed by atoms with Crippen LogP contribution in [0.1, 0.15) is 19.3 Å². The highest BCUT2D eigenvalue weighted by molar-refractivity contribution is 5.67. The van der Waals surface area contributed by atoms with Crippen molar-refractivity contribution in [2.45, 2.75) is 19.3 Å². The van der Waals surface area contributed by atoms with Gasteiger partial charge in [-0.1, -0.05) is 0 Å². The molecule has 0 heterocycles. The highest BCUT2D eigenvalue weighted by Crippen LogP contribution is 1.71. The molecule has 0 saturated carbocycles. The lowest BCUT2D eigenvalue weighted by Crippen LogP contribution is -1.96. The minimum absolute atomic E-state index is 0. The zero-order chi connectivity index (χ0) is 15.0. The molecule has 0 unspecified atom stereocenters. The second-order valence-corrected chi connectivity index (χ2v) is 2.60. The van der Waals surface area contributed by atoms with Crippen molar-refractivity contribution in [3.63, 3.8) is 0 Å². The quantitative estimate of drug-likeness (QED) is 0.301. The summed E-state index contributed by atoms with van der Waals surface area (Å²) in [4.78, 5) is 28.3. The number of carboxylic acid groups (broad SMARTS) is 3. The first-order valence-corrected chi connectivity index (χ1v) is 4.79. The lowest BCUT2D eigenvalue weighted by atomic mass is 10.5. The predicted octanol–water partition coefficient (Wildman–Crippen LogP) is -1.48. The molecule has 0 atom stereocenters. The van der Waals surface area contributed by atoms with Crippen molar-refractivity contribution in [2.75, 3.05) is 19.8 Å². The molecule has 0 radical (unpaired) electrons. The van der Waals surface area contributed by atoms with E-state index in [0.29, 0.717) is 0 Å². The van der Waals surface area contributed by atoms with E-state index < -0.39 is 17.9 Å². The molecule has 0 spiro atoms. The normalized spacial score (nSPS) is 7.74. The molecule has 116 valence electrons. The van der Waals surface area contributed by atoms with Crippen LogP contribution in [0.15, 0.2) is 0 Å². The summed E-state index contributed by atoms with van der Waals surface area (Å²) in [5.74, 6) is -2.88. The number of aliphatic hydroxyl groups is 3. The predicted molar refractivity (Wildman–Crippen MR) is 63.0 cm³/mol. The average molecular weight is 287 g/mol. The highest BCUT2D eigenvalue weighted by Gasteiger charge is 1.89. The monoisotopic (exact) mass is 287 g/mol. The van der Waals surface area contributed by atoms with Gasteiger partial charge < -0.3 is 36.8 Å². The van der Waals surface area contributed by atoms with Crippen LogP contribution in [0.4, 0.5) is 0 Å². The van der Waals surface area contributed by atoms with Gasteiger partial charge in [0.15, 0.2) is 0 Å². The van der Waals surface area contributed by atoms with Gasteiger partial charge in [-0.3, -0.25) is 14.4 Å². The molecule has 0 aromatic rings. The van der Waals surface area contributed by atoms with Crippen molar-refractivity contribution in [2.24, 2.45) is 0 Å². The van der Waals surface area contributed by atoms with E-state index in [9.17, 15) is 14.4 Å². The molecule has 0 aliphatic rings. The average Bonchev–Trinajstić information content (AvgIpc) is 2.18. The third-order valence-electron chi connectivity index (χ3n) is 0.977. The molecule has 0 bridgehead atoms. The van der Waals surface area contributed by atoms with Gasteiger partial charge in [0.05, 0.1) is 39.1 Å². The van der Waals surface area contributed by atoms with Gasteiger partial charge in [0.25, 0.3) is 0 Å². The SMILES string of the molecule is N.O=C(O)CCO.O=C(O)CCO.O=C(O)CCO. The molecule has 0 amide bonds. The molecule has 19 heavy (non-hydrogen) atoms. The molecule has 0 rings (SSSR count). The van der Waals surface area contributed by atoms with Gasteiger partial charge in [-0.15, -0.1) is 0 Å². The molecule has 9 N–H and O–H groups in total. The number of hydrogen-bond acceptors (Lipinski definition) is 7. The first-order chi connectivity index (χ1) is 8.31. The van der Waals surface area contributed by atoms with E-state index in [2.05, 4.69) is 0 Å². The van der Waals surface area contributed by atoms with Crippen LogP contribution in [-0.4, -0.2) is 68.4 Å². The number of carboxylic acids is 3. The first-order valence-electron chi connectivity index (χ1n) is 4.79. The molecule has 0 saturated heterocycles. The lowest BCUT2D eigenvalue weighted by Gasteiger charge is -1.80. The van der Waals surface area contributed by atoms with E-state index in [1.54, 1.807) is 0 Å². The van der Waals surface area contributed by atoms with Crippen molar-refractivity contribution in [3.05, 3.63) is 0 Å². The second-order valence-electron chi connectivity index (χ2n) is 2.60. The number of aliphatic hydroxyl groups excluding tert-OH is 3. The molecule has 0 aliphatic heterocycles. The van der Waals surface area contributed by atoms with E-state index in [-0.39, 0.29) is 45.2 Å². The number of carbonyl (C=O) groups is 3. The van der Waals surface area contributed by atoms with Gasteiger partial charge in [0, 0.05) is 0 Å². The largest absolute Gasteiger partial charge is 0.481 e. The Bertz CT molecular complexity index is 194. The third kappa shape index (κ3) is 62.8. The zero-order valence-electron chi connectivity index (χ0n) is 10.4. The molecular formula is C9H21NO9. The minimum atomic E-state index is -0.961. The molecule has 0 aromatic carbocycles. The summed E-state index contributed by atoms with van der Waals surface area (Å²) in [5, 5.41) is 46.8. The third-order valence-corrected chi connectivity index (χ3v) is 0.977. The molecule has 0 fully saturated rings. The Morgan fingerprint density at radius 3 is 0.737 bits per heavy atom. The van der Waals surface area contributed by atoms with Crippen LogP contribution in [0.2, 0.25) is 0 Å². The molecule has 10 heteroatoms. The van der Waals surface area contributed by atoms with Crippen LogP contribution in [0.25, 0.3) is 0 Å². The molecule has 0 aliphatic carbocycles. The van der Waals surface area contributed by atoms with Crippen LogP contribution in [-0.2, 0) is 14.4 Å². The minimum Gasteiger partial charge on any atom is -0.481 e. The maximum atomic E-state index is 9.44. The second kappa shape index (κ2) is 21.5. The number of hydrogen-bond donors (Lipinski definition) is 7. The molecule has 0 aromatic heterocycles. The van der Waals surface area contributed by atoms with Crippen molar-refractivity contribution in [1.29, 1.82) is 0 Å². The summed E-state index contributed by atoms with van der Waals surface area (Å²) in [6, 6.07) is 0. The summed E-state index contributed by atoms with van der Waals surface area (Å²) < 4.78 is 0. The van der Waals surface area contributed by atoms with Crippen molar-refractivity contribution in [3.8, 4) is 0 Å². The van der Waals surface area contributed by atoms with E-state index in [1.165, 1.54) is 0 Å². The summed E-state index contributed by atoms with van der Waals surface area (Å²) in [7, 11) is 0. The lowest BCUT2D eigenvalue weighted by molar-refractivity contribution is -0.138. The van der Waals surface area contributed by atoms with Gasteiger partial charge >= 0.3 is 17.9 Å². The van der Waals surface area contributed by atoms with Gasteiger partial charge in [0.1, 0.15) is 0 Å². The Labute approximate surface area is 109 Å². The van der Waals surface area contributed by atoms with Gasteiger partial charge in [-0.2, -0.15) is 0 Å². The maximum Gasteiger partial charge on any atom is 0.305 e. The van der Waals surface area contributed by atoms with Crippen LogP contribution in [0, 0.1) is 0 Å². The van der Waals surface area contributed by atoms with Crippen LogP contribution in [0.3, 0.4) is 0 Å². The topological polar surface area (TPSA) is 208 Å². The van der Waals surface area contributed by atoms with E-state index in [0.717, 1.165) is 0 Å². The Balaban J connectivity index is -0.0000000865. The van der Waals surface area contributed by atoms with Crippen LogP contribution >= 0.6 is 0 Å². The molecule has 10 nitrogen and oxygen atoms in total. The fourth-order valence-electron chi connectivity index (χ4n) is 0.287. The fraction of sp³-hybridized carbons (Fsp3) is 0.667.